The predicted octanol–water partition coefficient (Wildman–Crippen LogP) is 4.09. The largest absolute Gasteiger partial charge is 0.380 e. The molecule has 2 rings (SSSR count). The van der Waals surface area contributed by atoms with Crippen LogP contribution in [0.4, 0.5) is 0 Å². The fourth-order valence-corrected chi connectivity index (χ4v) is 2.87. The number of aliphatic hydroxyl groups is 1. The number of hydrogen-bond donors (Lipinski definition) is 2. The molecule has 1 unspecified atom stereocenters. The molecule has 0 saturated carbocycles. The third kappa shape index (κ3) is 4.19. The second-order valence-corrected chi connectivity index (χ2v) is 6.01. The first-order chi connectivity index (χ1) is 10.7. The lowest BCUT2D eigenvalue weighted by Crippen LogP contribution is -2.37. The molecule has 0 radical (unpaired) electrons. The molecule has 0 saturated heterocycles. The van der Waals surface area contributed by atoms with Gasteiger partial charge in [0.1, 0.15) is 5.60 Å². The van der Waals surface area contributed by atoms with Crippen LogP contribution >= 0.6 is 0 Å². The molecular weight excluding hydrogens is 270 g/mol. The van der Waals surface area contributed by atoms with E-state index in [1.165, 1.54) is 12.8 Å². The van der Waals surface area contributed by atoms with Crippen LogP contribution in [0.5, 0.6) is 0 Å². The molecule has 0 aliphatic heterocycles. The number of unbranched alkanes of at least 4 members (excludes halogenated alkanes) is 1. The Hall–Kier alpha value is -1.64. The van der Waals surface area contributed by atoms with E-state index in [4.69, 9.17) is 0 Å². The van der Waals surface area contributed by atoms with E-state index in [1.54, 1.807) is 0 Å². The summed E-state index contributed by atoms with van der Waals surface area (Å²) in [5.74, 6) is 0. The molecular formula is C20H27NO. The second kappa shape index (κ2) is 8.11. The normalized spacial score (nSPS) is 13.0. The summed E-state index contributed by atoms with van der Waals surface area (Å²) in [6.07, 6.45) is 3.01. The lowest BCUT2D eigenvalue weighted by atomic mass is 9.81. The molecule has 2 nitrogen and oxygen atoms in total. The van der Waals surface area contributed by atoms with Crippen molar-refractivity contribution in [2.75, 3.05) is 6.54 Å². The van der Waals surface area contributed by atoms with E-state index < -0.39 is 5.60 Å². The molecule has 2 aromatic carbocycles. The molecule has 0 fully saturated rings. The van der Waals surface area contributed by atoms with Crippen LogP contribution < -0.4 is 5.32 Å². The van der Waals surface area contributed by atoms with Gasteiger partial charge in [0.25, 0.3) is 0 Å². The van der Waals surface area contributed by atoms with E-state index in [0.29, 0.717) is 6.42 Å². The summed E-state index contributed by atoms with van der Waals surface area (Å²) in [6.45, 7) is 5.33. The Kier molecular flexibility index (Phi) is 6.17. The summed E-state index contributed by atoms with van der Waals surface area (Å²) in [5.41, 5.74) is 0.942. The van der Waals surface area contributed by atoms with Gasteiger partial charge in [-0.15, -0.1) is 0 Å². The minimum atomic E-state index is -0.957. The van der Waals surface area contributed by atoms with Crippen molar-refractivity contribution in [3.8, 4) is 0 Å². The molecule has 0 heterocycles. The molecule has 2 N–H and O–H groups in total. The van der Waals surface area contributed by atoms with Crippen LogP contribution in [0.25, 0.3) is 0 Å². The lowest BCUT2D eigenvalue weighted by molar-refractivity contribution is 0.0609. The van der Waals surface area contributed by atoms with E-state index in [0.717, 1.165) is 17.7 Å². The average molecular weight is 297 g/mol. The van der Waals surface area contributed by atoms with Gasteiger partial charge in [-0.05, 0) is 37.4 Å². The summed E-state index contributed by atoms with van der Waals surface area (Å²) >= 11 is 0. The van der Waals surface area contributed by atoms with Gasteiger partial charge in [0.2, 0.25) is 0 Å². The van der Waals surface area contributed by atoms with E-state index in [9.17, 15) is 5.11 Å². The number of rotatable bonds is 8. The predicted molar refractivity (Wildman–Crippen MR) is 92.9 cm³/mol. The first-order valence-electron chi connectivity index (χ1n) is 8.23. The Morgan fingerprint density at radius 1 is 0.955 bits per heavy atom. The van der Waals surface area contributed by atoms with Crippen LogP contribution in [-0.2, 0) is 5.60 Å². The standard InChI is InChI=1S/C20H27NO/c1-3-4-15-21-17(2)16-20(22,18-11-7-5-8-12-18)19-13-9-6-10-14-19/h5-14,17,21-22H,3-4,15-16H2,1-2H3. The van der Waals surface area contributed by atoms with Gasteiger partial charge < -0.3 is 10.4 Å². The highest BCUT2D eigenvalue weighted by molar-refractivity contribution is 5.36. The van der Waals surface area contributed by atoms with E-state index in [2.05, 4.69) is 19.2 Å². The van der Waals surface area contributed by atoms with E-state index >= 15 is 0 Å². The van der Waals surface area contributed by atoms with Crippen molar-refractivity contribution in [3.05, 3.63) is 71.8 Å². The zero-order valence-electron chi connectivity index (χ0n) is 13.6. The molecule has 0 amide bonds. The van der Waals surface area contributed by atoms with Crippen LogP contribution in [0, 0.1) is 0 Å². The fourth-order valence-electron chi connectivity index (χ4n) is 2.87. The molecule has 22 heavy (non-hydrogen) atoms. The zero-order valence-corrected chi connectivity index (χ0v) is 13.6. The molecule has 2 heteroatoms. The topological polar surface area (TPSA) is 32.3 Å². The lowest BCUT2D eigenvalue weighted by Gasteiger charge is -2.32. The van der Waals surface area contributed by atoms with Gasteiger partial charge in [0.15, 0.2) is 0 Å². The van der Waals surface area contributed by atoms with Crippen LogP contribution in [0.3, 0.4) is 0 Å². The molecule has 0 aliphatic rings. The summed E-state index contributed by atoms with van der Waals surface area (Å²) in [5, 5.41) is 15.0. The van der Waals surface area contributed by atoms with Gasteiger partial charge in [-0.3, -0.25) is 0 Å². The minimum Gasteiger partial charge on any atom is -0.380 e. The molecule has 2 aromatic rings. The van der Waals surface area contributed by atoms with Crippen molar-refractivity contribution in [2.24, 2.45) is 0 Å². The summed E-state index contributed by atoms with van der Waals surface area (Å²) < 4.78 is 0. The van der Waals surface area contributed by atoms with Crippen molar-refractivity contribution in [3.63, 3.8) is 0 Å². The van der Waals surface area contributed by atoms with Crippen molar-refractivity contribution in [1.29, 1.82) is 0 Å². The van der Waals surface area contributed by atoms with E-state index in [1.807, 2.05) is 60.7 Å². The van der Waals surface area contributed by atoms with Crippen LogP contribution in [0.1, 0.15) is 44.2 Å². The van der Waals surface area contributed by atoms with Gasteiger partial charge in [-0.2, -0.15) is 0 Å². The Morgan fingerprint density at radius 2 is 1.45 bits per heavy atom. The molecule has 1 atom stereocenters. The molecule has 0 aliphatic carbocycles. The van der Waals surface area contributed by atoms with Crippen molar-refractivity contribution in [2.45, 2.75) is 44.8 Å². The fraction of sp³-hybridized carbons (Fsp3) is 0.400. The molecule has 0 bridgehead atoms. The summed E-state index contributed by atoms with van der Waals surface area (Å²) in [6, 6.07) is 20.2. The first kappa shape index (κ1) is 16.7. The number of nitrogens with one attached hydrogen (secondary N) is 1. The second-order valence-electron chi connectivity index (χ2n) is 6.01. The third-order valence-corrected chi connectivity index (χ3v) is 4.13. The maximum absolute atomic E-state index is 11.4. The van der Waals surface area contributed by atoms with Crippen molar-refractivity contribution in [1.82, 2.24) is 5.32 Å². The van der Waals surface area contributed by atoms with Gasteiger partial charge in [0.05, 0.1) is 0 Å². The average Bonchev–Trinajstić information content (AvgIpc) is 2.56. The van der Waals surface area contributed by atoms with Gasteiger partial charge >= 0.3 is 0 Å². The SMILES string of the molecule is CCCCNC(C)CC(O)(c1ccccc1)c1ccccc1. The third-order valence-electron chi connectivity index (χ3n) is 4.13. The van der Waals surface area contributed by atoms with E-state index in [-0.39, 0.29) is 6.04 Å². The highest BCUT2D eigenvalue weighted by atomic mass is 16.3. The van der Waals surface area contributed by atoms with Gasteiger partial charge in [0, 0.05) is 6.04 Å². The van der Waals surface area contributed by atoms with Gasteiger partial charge in [-0.25, -0.2) is 0 Å². The van der Waals surface area contributed by atoms with Crippen LogP contribution in [-0.4, -0.2) is 17.7 Å². The highest BCUT2D eigenvalue weighted by Gasteiger charge is 2.32. The Morgan fingerprint density at radius 3 is 1.91 bits per heavy atom. The quantitative estimate of drug-likeness (QED) is 0.719. The molecule has 118 valence electrons. The van der Waals surface area contributed by atoms with Crippen LogP contribution in [0.15, 0.2) is 60.7 Å². The van der Waals surface area contributed by atoms with Gasteiger partial charge in [-0.1, -0.05) is 74.0 Å². The maximum Gasteiger partial charge on any atom is 0.116 e. The number of hydrogen-bond acceptors (Lipinski definition) is 2. The molecule has 0 spiro atoms. The minimum absolute atomic E-state index is 0.247. The Bertz CT molecular complexity index is 499. The Balaban J connectivity index is 2.23. The van der Waals surface area contributed by atoms with Crippen molar-refractivity contribution >= 4 is 0 Å². The first-order valence-corrected chi connectivity index (χ1v) is 8.23. The Labute approximate surface area is 134 Å². The zero-order chi connectivity index (χ0) is 15.8. The van der Waals surface area contributed by atoms with Crippen molar-refractivity contribution < 1.29 is 5.11 Å². The summed E-state index contributed by atoms with van der Waals surface area (Å²) in [7, 11) is 0. The summed E-state index contributed by atoms with van der Waals surface area (Å²) in [4.78, 5) is 0. The smallest absolute Gasteiger partial charge is 0.116 e. The maximum atomic E-state index is 11.4. The highest BCUT2D eigenvalue weighted by Crippen LogP contribution is 2.33. The monoisotopic (exact) mass is 297 g/mol. The number of benzene rings is 2. The molecule has 0 aromatic heterocycles. The van der Waals surface area contributed by atoms with Crippen LogP contribution in [0.2, 0.25) is 0 Å².